The van der Waals surface area contributed by atoms with Crippen LogP contribution in [0.15, 0.2) is 17.2 Å². The average molecular weight is 218 g/mol. The van der Waals surface area contributed by atoms with Crippen molar-refractivity contribution in [2.75, 3.05) is 18.4 Å². The minimum Gasteiger partial charge on any atom is -0.359 e. The van der Waals surface area contributed by atoms with Gasteiger partial charge in [-0.2, -0.15) is 0 Å². The SMILES string of the molecule is Cn1ccnc(NCC(F)(F)CN)c1=O. The van der Waals surface area contributed by atoms with Gasteiger partial charge in [-0.3, -0.25) is 4.79 Å². The highest BCUT2D eigenvalue weighted by atomic mass is 19.3. The third-order valence-electron chi connectivity index (χ3n) is 1.83. The smallest absolute Gasteiger partial charge is 0.293 e. The van der Waals surface area contributed by atoms with Gasteiger partial charge in [0.05, 0.1) is 13.1 Å². The largest absolute Gasteiger partial charge is 0.359 e. The number of anilines is 1. The Hall–Kier alpha value is -1.50. The van der Waals surface area contributed by atoms with Gasteiger partial charge < -0.3 is 15.6 Å². The van der Waals surface area contributed by atoms with E-state index in [9.17, 15) is 13.6 Å². The third kappa shape index (κ3) is 2.98. The van der Waals surface area contributed by atoms with E-state index in [-0.39, 0.29) is 5.82 Å². The fraction of sp³-hybridized carbons (Fsp3) is 0.500. The lowest BCUT2D eigenvalue weighted by Crippen LogP contribution is -2.37. The minimum absolute atomic E-state index is 0.104. The van der Waals surface area contributed by atoms with Gasteiger partial charge in [0.1, 0.15) is 0 Å². The van der Waals surface area contributed by atoms with Crippen molar-refractivity contribution in [2.45, 2.75) is 5.92 Å². The van der Waals surface area contributed by atoms with Gasteiger partial charge in [-0.25, -0.2) is 13.8 Å². The van der Waals surface area contributed by atoms with E-state index in [4.69, 9.17) is 5.73 Å². The first-order chi connectivity index (χ1) is 6.96. The van der Waals surface area contributed by atoms with Crippen molar-refractivity contribution in [3.8, 4) is 0 Å². The van der Waals surface area contributed by atoms with Gasteiger partial charge in [0.25, 0.3) is 11.5 Å². The fourth-order valence-corrected chi connectivity index (χ4v) is 0.904. The number of hydrogen-bond acceptors (Lipinski definition) is 4. The van der Waals surface area contributed by atoms with Crippen LogP contribution in [0.4, 0.5) is 14.6 Å². The van der Waals surface area contributed by atoms with Crippen molar-refractivity contribution in [3.63, 3.8) is 0 Å². The lowest BCUT2D eigenvalue weighted by Gasteiger charge is -2.14. The van der Waals surface area contributed by atoms with Crippen LogP contribution in [0.25, 0.3) is 0 Å². The van der Waals surface area contributed by atoms with E-state index in [1.807, 2.05) is 0 Å². The van der Waals surface area contributed by atoms with E-state index < -0.39 is 24.6 Å². The molecule has 7 heteroatoms. The second kappa shape index (κ2) is 4.35. The van der Waals surface area contributed by atoms with Crippen LogP contribution in [0.5, 0.6) is 0 Å². The molecule has 0 bridgehead atoms. The van der Waals surface area contributed by atoms with Crippen LogP contribution in [-0.4, -0.2) is 28.6 Å². The molecule has 0 amide bonds. The maximum absolute atomic E-state index is 12.7. The summed E-state index contributed by atoms with van der Waals surface area (Å²) in [6, 6.07) is 0. The summed E-state index contributed by atoms with van der Waals surface area (Å²) in [6.45, 7) is -1.47. The zero-order valence-electron chi connectivity index (χ0n) is 8.20. The molecule has 0 unspecified atom stereocenters. The van der Waals surface area contributed by atoms with Crippen molar-refractivity contribution in [1.82, 2.24) is 9.55 Å². The Morgan fingerprint density at radius 1 is 1.67 bits per heavy atom. The molecule has 1 aromatic rings. The van der Waals surface area contributed by atoms with Crippen LogP contribution in [0.2, 0.25) is 0 Å². The normalized spacial score (nSPS) is 11.5. The molecule has 84 valence electrons. The number of aryl methyl sites for hydroxylation is 1. The van der Waals surface area contributed by atoms with Crippen LogP contribution in [-0.2, 0) is 7.05 Å². The zero-order chi connectivity index (χ0) is 11.5. The lowest BCUT2D eigenvalue weighted by atomic mass is 10.3. The number of rotatable bonds is 4. The van der Waals surface area contributed by atoms with Crippen LogP contribution >= 0.6 is 0 Å². The summed E-state index contributed by atoms with van der Waals surface area (Å²) in [5, 5.41) is 2.27. The molecule has 5 nitrogen and oxygen atoms in total. The van der Waals surface area contributed by atoms with Gasteiger partial charge >= 0.3 is 0 Å². The maximum atomic E-state index is 12.7. The quantitative estimate of drug-likeness (QED) is 0.733. The molecule has 0 saturated heterocycles. The monoisotopic (exact) mass is 218 g/mol. The number of aromatic nitrogens is 2. The van der Waals surface area contributed by atoms with Crippen LogP contribution in [0.1, 0.15) is 0 Å². The summed E-state index contributed by atoms with van der Waals surface area (Å²) < 4.78 is 26.7. The van der Waals surface area contributed by atoms with E-state index in [0.717, 1.165) is 0 Å². The van der Waals surface area contributed by atoms with Gasteiger partial charge in [0.15, 0.2) is 5.82 Å². The summed E-state index contributed by atoms with van der Waals surface area (Å²) in [7, 11) is 1.51. The van der Waals surface area contributed by atoms with Crippen molar-refractivity contribution < 1.29 is 8.78 Å². The number of halogens is 2. The van der Waals surface area contributed by atoms with E-state index >= 15 is 0 Å². The highest BCUT2D eigenvalue weighted by Crippen LogP contribution is 2.10. The van der Waals surface area contributed by atoms with Crippen molar-refractivity contribution in [1.29, 1.82) is 0 Å². The van der Waals surface area contributed by atoms with E-state index in [2.05, 4.69) is 10.3 Å². The molecule has 0 aliphatic heterocycles. The maximum Gasteiger partial charge on any atom is 0.293 e. The second-order valence-electron chi connectivity index (χ2n) is 3.11. The summed E-state index contributed by atoms with van der Waals surface area (Å²) >= 11 is 0. The van der Waals surface area contributed by atoms with Crippen LogP contribution in [0, 0.1) is 0 Å². The predicted octanol–water partition coefficient (Wildman–Crippen LogP) is -0.214. The van der Waals surface area contributed by atoms with Crippen LogP contribution < -0.4 is 16.6 Å². The molecule has 0 atom stereocenters. The van der Waals surface area contributed by atoms with Gasteiger partial charge in [0, 0.05) is 19.4 Å². The Labute approximate surface area is 84.9 Å². The Balaban J connectivity index is 2.75. The number of nitrogens with two attached hydrogens (primary N) is 1. The van der Waals surface area contributed by atoms with Crippen LogP contribution in [0.3, 0.4) is 0 Å². The highest BCUT2D eigenvalue weighted by molar-refractivity contribution is 5.30. The lowest BCUT2D eigenvalue weighted by molar-refractivity contribution is 0.0253. The second-order valence-corrected chi connectivity index (χ2v) is 3.11. The Morgan fingerprint density at radius 3 is 2.93 bits per heavy atom. The Morgan fingerprint density at radius 2 is 2.33 bits per heavy atom. The topological polar surface area (TPSA) is 72.9 Å². The molecular weight excluding hydrogens is 206 g/mol. The molecular formula is C8H12F2N4O. The molecule has 0 aliphatic rings. The van der Waals surface area contributed by atoms with Crippen molar-refractivity contribution in [3.05, 3.63) is 22.7 Å². The van der Waals surface area contributed by atoms with E-state index in [0.29, 0.717) is 0 Å². The van der Waals surface area contributed by atoms with Gasteiger partial charge in [0.2, 0.25) is 0 Å². The Bertz CT molecular complexity index is 390. The summed E-state index contributed by atoms with van der Waals surface area (Å²) in [5.41, 5.74) is 4.39. The molecule has 1 rings (SSSR count). The molecule has 0 saturated carbocycles. The van der Waals surface area contributed by atoms with Gasteiger partial charge in [-0.05, 0) is 0 Å². The number of nitrogens with one attached hydrogen (secondary N) is 1. The molecule has 0 radical (unpaired) electrons. The third-order valence-corrected chi connectivity index (χ3v) is 1.83. The number of hydrogen-bond donors (Lipinski definition) is 2. The molecule has 15 heavy (non-hydrogen) atoms. The molecule has 3 N–H and O–H groups in total. The van der Waals surface area contributed by atoms with Gasteiger partial charge in [-0.15, -0.1) is 0 Å². The number of nitrogens with zero attached hydrogens (tertiary/aromatic N) is 2. The molecule has 0 aliphatic carbocycles. The first-order valence-electron chi connectivity index (χ1n) is 4.30. The summed E-state index contributed by atoms with van der Waals surface area (Å²) in [4.78, 5) is 15.0. The first-order valence-corrected chi connectivity index (χ1v) is 4.30. The average Bonchev–Trinajstić information content (AvgIpc) is 2.20. The van der Waals surface area contributed by atoms with Crippen molar-refractivity contribution >= 4 is 5.82 Å². The van der Waals surface area contributed by atoms with E-state index in [1.165, 1.54) is 24.0 Å². The Kier molecular flexibility index (Phi) is 3.35. The van der Waals surface area contributed by atoms with Gasteiger partial charge in [-0.1, -0.05) is 0 Å². The fourth-order valence-electron chi connectivity index (χ4n) is 0.904. The summed E-state index contributed by atoms with van der Waals surface area (Å²) in [5.74, 6) is -3.14. The van der Waals surface area contributed by atoms with E-state index in [1.54, 1.807) is 0 Å². The minimum atomic E-state index is -3.04. The summed E-state index contributed by atoms with van der Waals surface area (Å²) in [6.07, 6.45) is 2.79. The predicted molar refractivity (Wildman–Crippen MR) is 52.0 cm³/mol. The molecule has 1 aromatic heterocycles. The number of alkyl halides is 2. The molecule has 0 spiro atoms. The van der Waals surface area contributed by atoms with Crippen molar-refractivity contribution in [2.24, 2.45) is 12.8 Å². The first kappa shape index (κ1) is 11.6. The molecule has 0 fully saturated rings. The molecule has 0 aromatic carbocycles. The zero-order valence-corrected chi connectivity index (χ0v) is 8.20. The standard InChI is InChI=1S/C8H12F2N4O/c1-14-3-2-12-6(7(14)15)13-5-8(9,10)4-11/h2-3H,4-5,11H2,1H3,(H,12,13). The highest BCUT2D eigenvalue weighted by Gasteiger charge is 2.26. The molecule has 1 heterocycles.